The maximum Gasteiger partial charge on any atom is 0.308 e. The Labute approximate surface area is 216 Å². The standard InChI is InChI=1S/C28H32N2O7/c1-16(31)25-17(2)37-28(3,4)30(25)26(33)23(14-24(32)35-5)29-27(34)36-15-22-20-12-8-6-10-18(20)19-11-7-9-13-21(19)22/h6-13,17,22-23,25H,14-15H2,1-5H3,(H,29,34)/p-1/t17?,23-,25?/m0/s1. The Kier molecular flexibility index (Phi) is 7.36. The maximum absolute atomic E-state index is 13.6. The Morgan fingerprint density at radius 3 is 2.19 bits per heavy atom. The number of rotatable bonds is 7. The number of fused-ring (bicyclic) bond motifs is 3. The summed E-state index contributed by atoms with van der Waals surface area (Å²) in [6, 6.07) is 13.5. The van der Waals surface area contributed by atoms with Crippen LogP contribution in [-0.4, -0.2) is 66.3 Å². The molecule has 0 aromatic heterocycles. The number of esters is 1. The summed E-state index contributed by atoms with van der Waals surface area (Å²) < 4.78 is 16.1. The number of benzene rings is 2. The van der Waals surface area contributed by atoms with E-state index in [2.05, 4.69) is 4.99 Å². The van der Waals surface area contributed by atoms with Crippen LogP contribution in [0.3, 0.4) is 0 Å². The van der Waals surface area contributed by atoms with Crippen molar-refractivity contribution < 1.29 is 33.7 Å². The highest BCUT2D eigenvalue weighted by atomic mass is 16.6. The normalized spacial score (nSPS) is 21.2. The van der Waals surface area contributed by atoms with E-state index in [4.69, 9.17) is 14.2 Å². The van der Waals surface area contributed by atoms with Crippen LogP contribution in [-0.2, 0) is 28.6 Å². The first-order chi connectivity index (χ1) is 17.5. The molecule has 3 atom stereocenters. The minimum absolute atomic E-state index is 0.0148. The largest absolute Gasteiger partial charge is 0.599 e. The lowest BCUT2D eigenvalue weighted by Crippen LogP contribution is -2.54. The SMILES string of the molecule is COC(=O)C[C@H](N=C([O-])OCC1c2ccccc2-c2ccccc21)C(=O)N1C(C(C)=O)C(C)OC1(C)C. The van der Waals surface area contributed by atoms with Gasteiger partial charge in [-0.3, -0.25) is 19.4 Å². The molecule has 1 fully saturated rings. The third kappa shape index (κ3) is 5.09. The molecule has 9 nitrogen and oxygen atoms in total. The molecule has 196 valence electrons. The summed E-state index contributed by atoms with van der Waals surface area (Å²) in [5.41, 5.74) is 3.09. The van der Waals surface area contributed by atoms with Gasteiger partial charge in [0.25, 0.3) is 5.91 Å². The van der Waals surface area contributed by atoms with Gasteiger partial charge in [0.2, 0.25) is 0 Å². The molecule has 4 rings (SSSR count). The summed E-state index contributed by atoms with van der Waals surface area (Å²) in [5, 5.41) is 12.9. The van der Waals surface area contributed by atoms with Gasteiger partial charge in [-0.2, -0.15) is 0 Å². The molecule has 1 aliphatic carbocycles. The molecule has 0 N–H and O–H groups in total. The van der Waals surface area contributed by atoms with Crippen LogP contribution in [0, 0.1) is 0 Å². The molecular formula is C28H31N2O7-. The number of carbonyl (C=O) groups is 3. The molecule has 37 heavy (non-hydrogen) atoms. The number of hydrogen-bond donors (Lipinski definition) is 0. The number of ether oxygens (including phenoxy) is 3. The molecule has 2 unspecified atom stereocenters. The summed E-state index contributed by atoms with van der Waals surface area (Å²) in [5.74, 6) is -1.87. The Morgan fingerprint density at radius 1 is 1.08 bits per heavy atom. The number of amides is 1. The molecule has 1 heterocycles. The number of nitrogens with zero attached hydrogens (tertiary/aromatic N) is 2. The fraction of sp³-hybridized carbons (Fsp3) is 0.429. The van der Waals surface area contributed by atoms with E-state index >= 15 is 0 Å². The molecule has 0 spiro atoms. The van der Waals surface area contributed by atoms with Gasteiger partial charge in [0.1, 0.15) is 23.9 Å². The monoisotopic (exact) mass is 507 g/mol. The molecule has 0 saturated carbocycles. The van der Waals surface area contributed by atoms with Gasteiger partial charge < -0.3 is 24.2 Å². The molecular weight excluding hydrogens is 476 g/mol. The fourth-order valence-electron chi connectivity index (χ4n) is 5.38. The second kappa shape index (κ2) is 10.3. The second-order valence-electron chi connectivity index (χ2n) is 9.76. The van der Waals surface area contributed by atoms with E-state index in [1.807, 2.05) is 48.5 Å². The van der Waals surface area contributed by atoms with Crippen molar-refractivity contribution in [3.05, 3.63) is 59.7 Å². The smallest absolute Gasteiger partial charge is 0.308 e. The average molecular weight is 508 g/mol. The predicted molar refractivity (Wildman–Crippen MR) is 133 cm³/mol. The summed E-state index contributed by atoms with van der Waals surface area (Å²) >= 11 is 0. The highest BCUT2D eigenvalue weighted by Crippen LogP contribution is 2.44. The van der Waals surface area contributed by atoms with Crippen molar-refractivity contribution in [2.45, 2.75) is 63.9 Å². The van der Waals surface area contributed by atoms with Gasteiger partial charge in [-0.15, -0.1) is 0 Å². The van der Waals surface area contributed by atoms with Crippen LogP contribution in [0.5, 0.6) is 0 Å². The minimum Gasteiger partial charge on any atom is -0.599 e. The van der Waals surface area contributed by atoms with Gasteiger partial charge in [0.15, 0.2) is 5.78 Å². The first-order valence-corrected chi connectivity index (χ1v) is 12.2. The third-order valence-corrected chi connectivity index (χ3v) is 6.90. The summed E-state index contributed by atoms with van der Waals surface area (Å²) in [4.78, 5) is 43.2. The number of methoxy groups -OCH3 is 1. The zero-order chi connectivity index (χ0) is 26.9. The van der Waals surface area contributed by atoms with E-state index in [0.29, 0.717) is 0 Å². The molecule has 2 aromatic carbocycles. The van der Waals surface area contributed by atoms with Crippen molar-refractivity contribution in [3.63, 3.8) is 0 Å². The second-order valence-corrected chi connectivity index (χ2v) is 9.76. The van der Waals surface area contributed by atoms with Gasteiger partial charge in [-0.1, -0.05) is 48.5 Å². The lowest BCUT2D eigenvalue weighted by molar-refractivity contribution is -0.251. The molecule has 1 saturated heterocycles. The first kappa shape index (κ1) is 26.3. The molecule has 1 amide bonds. The van der Waals surface area contributed by atoms with Gasteiger partial charge >= 0.3 is 5.97 Å². The average Bonchev–Trinajstić information content (AvgIpc) is 3.31. The Balaban J connectivity index is 1.58. The van der Waals surface area contributed by atoms with Crippen molar-refractivity contribution in [1.82, 2.24) is 4.90 Å². The third-order valence-electron chi connectivity index (χ3n) is 6.90. The molecule has 1 aliphatic heterocycles. The molecule has 0 bridgehead atoms. The molecule has 0 radical (unpaired) electrons. The number of carbonyl (C=O) groups excluding carboxylic acids is 3. The van der Waals surface area contributed by atoms with Crippen molar-refractivity contribution in [2.75, 3.05) is 13.7 Å². The van der Waals surface area contributed by atoms with E-state index < -0.39 is 48.3 Å². The number of hydrogen-bond acceptors (Lipinski definition) is 8. The Hall–Kier alpha value is -3.72. The zero-order valence-electron chi connectivity index (χ0n) is 21.6. The fourth-order valence-corrected chi connectivity index (χ4v) is 5.38. The number of ketones is 1. The van der Waals surface area contributed by atoms with Crippen LogP contribution in [0.15, 0.2) is 53.5 Å². The highest BCUT2D eigenvalue weighted by molar-refractivity contribution is 5.94. The highest BCUT2D eigenvalue weighted by Gasteiger charge is 2.51. The van der Waals surface area contributed by atoms with Crippen molar-refractivity contribution >= 4 is 23.7 Å². The van der Waals surface area contributed by atoms with E-state index in [1.54, 1.807) is 20.8 Å². The number of Topliss-reactive ketones (excluding diaryl/α,β-unsaturated/α-hetero) is 1. The van der Waals surface area contributed by atoms with Gasteiger partial charge in [0, 0.05) is 12.5 Å². The first-order valence-electron chi connectivity index (χ1n) is 12.2. The van der Waals surface area contributed by atoms with Crippen molar-refractivity contribution in [2.24, 2.45) is 4.99 Å². The van der Waals surface area contributed by atoms with Gasteiger partial charge in [-0.25, -0.2) is 0 Å². The zero-order valence-corrected chi connectivity index (χ0v) is 21.6. The van der Waals surface area contributed by atoms with Crippen molar-refractivity contribution in [1.29, 1.82) is 0 Å². The lowest BCUT2D eigenvalue weighted by atomic mass is 9.98. The summed E-state index contributed by atoms with van der Waals surface area (Å²) in [6.07, 6.45) is -2.02. The van der Waals surface area contributed by atoms with Crippen LogP contribution in [0.1, 0.15) is 51.2 Å². The van der Waals surface area contributed by atoms with Crippen LogP contribution < -0.4 is 5.11 Å². The summed E-state index contributed by atoms with van der Waals surface area (Å²) in [6.45, 7) is 6.36. The molecule has 2 aromatic rings. The van der Waals surface area contributed by atoms with E-state index in [-0.39, 0.29) is 18.3 Å². The van der Waals surface area contributed by atoms with E-state index in [0.717, 1.165) is 22.3 Å². The number of aliphatic imine (C=N–C) groups is 1. The van der Waals surface area contributed by atoms with Gasteiger partial charge in [-0.05, 0) is 49.9 Å². The molecule has 9 heteroatoms. The lowest BCUT2D eigenvalue weighted by Gasteiger charge is -2.34. The minimum atomic E-state index is -1.43. The van der Waals surface area contributed by atoms with Gasteiger partial charge in [0.05, 0.1) is 19.6 Å². The summed E-state index contributed by atoms with van der Waals surface area (Å²) in [7, 11) is 1.18. The Morgan fingerprint density at radius 2 is 1.65 bits per heavy atom. The maximum atomic E-state index is 13.6. The van der Waals surface area contributed by atoms with Crippen LogP contribution >= 0.6 is 0 Å². The van der Waals surface area contributed by atoms with Crippen molar-refractivity contribution in [3.8, 4) is 11.1 Å². The van der Waals surface area contributed by atoms with E-state index in [1.165, 1.54) is 18.9 Å². The van der Waals surface area contributed by atoms with Crippen LogP contribution in [0.4, 0.5) is 0 Å². The van der Waals surface area contributed by atoms with Crippen LogP contribution in [0.2, 0.25) is 0 Å². The quantitative estimate of drug-likeness (QED) is 0.321. The topological polar surface area (TPSA) is 118 Å². The predicted octanol–water partition coefficient (Wildman–Crippen LogP) is 2.40. The Bertz CT molecular complexity index is 1190. The van der Waals surface area contributed by atoms with Crippen LogP contribution in [0.25, 0.3) is 11.1 Å². The molecule has 2 aliphatic rings. The van der Waals surface area contributed by atoms with E-state index in [9.17, 15) is 19.5 Å².